The van der Waals surface area contributed by atoms with E-state index in [-0.39, 0.29) is 31.1 Å². The molecular formula is C21H42N8O6. The van der Waals surface area contributed by atoms with Crippen molar-refractivity contribution in [2.45, 2.75) is 76.5 Å². The number of carboxylic acid groups (broad SMARTS) is 1. The molecule has 14 nitrogen and oxygen atoms in total. The Kier molecular flexibility index (Phi) is 16.0. The van der Waals surface area contributed by atoms with Crippen LogP contribution < -0.4 is 38.9 Å². The predicted molar refractivity (Wildman–Crippen MR) is 131 cm³/mol. The van der Waals surface area contributed by atoms with Crippen LogP contribution in [0.4, 0.5) is 0 Å². The number of aliphatic imine (C=N–C) groups is 1. The number of carbonyl (C=O) groups is 4. The minimum Gasteiger partial charge on any atom is -0.480 e. The predicted octanol–water partition coefficient (Wildman–Crippen LogP) is -2.93. The van der Waals surface area contributed by atoms with Crippen molar-refractivity contribution in [1.29, 1.82) is 0 Å². The molecule has 0 saturated carbocycles. The van der Waals surface area contributed by atoms with Gasteiger partial charge in [0.1, 0.15) is 18.1 Å². The number of nitrogens with one attached hydrogen (secondary N) is 3. The molecule has 4 unspecified atom stereocenters. The molecule has 14 heteroatoms. The third-order valence-corrected chi connectivity index (χ3v) is 5.02. The fourth-order valence-corrected chi connectivity index (χ4v) is 3.12. The Morgan fingerprint density at radius 2 is 1.43 bits per heavy atom. The number of amides is 3. The van der Waals surface area contributed by atoms with Gasteiger partial charge in [-0.1, -0.05) is 13.8 Å². The Bertz CT molecular complexity index is 714. The summed E-state index contributed by atoms with van der Waals surface area (Å²) in [5, 5.41) is 26.2. The van der Waals surface area contributed by atoms with Gasteiger partial charge in [0.15, 0.2) is 5.96 Å². The minimum atomic E-state index is -1.40. The molecule has 0 aromatic rings. The van der Waals surface area contributed by atoms with Gasteiger partial charge in [-0.05, 0) is 51.0 Å². The molecule has 0 aliphatic heterocycles. The first-order valence-corrected chi connectivity index (χ1v) is 11.7. The van der Waals surface area contributed by atoms with E-state index in [0.29, 0.717) is 32.4 Å². The molecule has 0 bridgehead atoms. The Balaban J connectivity index is 5.12. The van der Waals surface area contributed by atoms with Gasteiger partial charge in [0.05, 0.1) is 12.6 Å². The average Bonchev–Trinajstić information content (AvgIpc) is 2.78. The van der Waals surface area contributed by atoms with Gasteiger partial charge in [-0.3, -0.25) is 19.4 Å². The summed E-state index contributed by atoms with van der Waals surface area (Å²) >= 11 is 0. The smallest absolute Gasteiger partial charge is 0.326 e. The maximum atomic E-state index is 12.8. The fraction of sp³-hybridized carbons (Fsp3) is 0.762. The Hall–Kier alpha value is -2.97. The SMILES string of the molecule is CC(C)CC(NC(=O)C(N)CCCN=C(N)N)C(=O)NC(CO)C(=O)NC(CCCCN)C(=O)O. The molecule has 0 aromatic heterocycles. The highest BCUT2D eigenvalue weighted by atomic mass is 16.4. The second kappa shape index (κ2) is 17.5. The van der Waals surface area contributed by atoms with Crippen molar-refractivity contribution in [3.8, 4) is 0 Å². The Morgan fingerprint density at radius 1 is 0.857 bits per heavy atom. The third kappa shape index (κ3) is 14.1. The maximum absolute atomic E-state index is 12.8. The topological polar surface area (TPSA) is 261 Å². The molecule has 35 heavy (non-hydrogen) atoms. The molecule has 0 radical (unpaired) electrons. The molecule has 3 amide bonds. The van der Waals surface area contributed by atoms with Crippen LogP contribution >= 0.6 is 0 Å². The van der Waals surface area contributed by atoms with Gasteiger partial charge in [-0.25, -0.2) is 4.79 Å². The summed E-state index contributed by atoms with van der Waals surface area (Å²) in [7, 11) is 0. The average molecular weight is 503 g/mol. The highest BCUT2D eigenvalue weighted by Crippen LogP contribution is 2.07. The van der Waals surface area contributed by atoms with Crippen molar-refractivity contribution in [3.63, 3.8) is 0 Å². The summed E-state index contributed by atoms with van der Waals surface area (Å²) < 4.78 is 0. The number of carboxylic acids is 1. The quantitative estimate of drug-likeness (QED) is 0.0523. The van der Waals surface area contributed by atoms with Crippen LogP contribution in [-0.4, -0.2) is 83.7 Å². The first-order chi connectivity index (χ1) is 16.4. The molecule has 4 atom stereocenters. The first kappa shape index (κ1) is 32.0. The number of aliphatic hydroxyl groups excluding tert-OH is 1. The van der Waals surface area contributed by atoms with Crippen LogP contribution in [0.2, 0.25) is 0 Å². The molecular weight excluding hydrogens is 460 g/mol. The molecule has 0 saturated heterocycles. The molecule has 0 aromatic carbocycles. The lowest BCUT2D eigenvalue weighted by Crippen LogP contribution is -2.58. The fourth-order valence-electron chi connectivity index (χ4n) is 3.12. The monoisotopic (exact) mass is 502 g/mol. The summed E-state index contributed by atoms with van der Waals surface area (Å²) in [6, 6.07) is -4.52. The molecule has 0 aliphatic carbocycles. The van der Waals surface area contributed by atoms with Crippen LogP contribution in [0.3, 0.4) is 0 Å². The number of unbranched alkanes of at least 4 members (excludes halogenated alkanes) is 1. The Labute approximate surface area is 205 Å². The number of carbonyl (C=O) groups excluding carboxylic acids is 3. The zero-order valence-electron chi connectivity index (χ0n) is 20.5. The summed E-state index contributed by atoms with van der Waals surface area (Å²) in [5.74, 6) is -3.42. The van der Waals surface area contributed by atoms with E-state index in [1.807, 2.05) is 13.8 Å². The number of nitrogens with two attached hydrogens (primary N) is 4. The van der Waals surface area contributed by atoms with Gasteiger partial charge in [0.2, 0.25) is 17.7 Å². The van der Waals surface area contributed by atoms with E-state index in [2.05, 4.69) is 20.9 Å². The lowest BCUT2D eigenvalue weighted by molar-refractivity contribution is -0.142. The first-order valence-electron chi connectivity index (χ1n) is 11.7. The summed E-state index contributed by atoms with van der Waals surface area (Å²) in [6.07, 6.45) is 2.20. The molecule has 0 rings (SSSR count). The molecule has 13 N–H and O–H groups in total. The number of aliphatic carboxylic acids is 1. The number of hydrogen-bond acceptors (Lipinski definition) is 8. The standard InChI is InChI=1S/C21H42N8O6/c1-12(2)10-15(28-17(31)13(23)6-5-9-26-21(24)25)18(32)29-16(11-30)19(33)27-14(20(34)35)7-3-4-8-22/h12-16,30H,3-11,22-23H2,1-2H3,(H,27,33)(H,28,31)(H,29,32)(H,34,35)(H4,24,25,26). The number of guanidine groups is 1. The lowest BCUT2D eigenvalue weighted by Gasteiger charge is -2.25. The summed E-state index contributed by atoms with van der Waals surface area (Å²) in [4.78, 5) is 53.1. The van der Waals surface area contributed by atoms with Crippen LogP contribution in [0, 0.1) is 5.92 Å². The second-order valence-corrected chi connectivity index (χ2v) is 8.67. The van der Waals surface area contributed by atoms with Crippen LogP contribution in [0.5, 0.6) is 0 Å². The summed E-state index contributed by atoms with van der Waals surface area (Å²) in [5.41, 5.74) is 21.8. The van der Waals surface area contributed by atoms with Gasteiger partial charge < -0.3 is 49.1 Å². The van der Waals surface area contributed by atoms with Gasteiger partial charge in [0.25, 0.3) is 0 Å². The highest BCUT2D eigenvalue weighted by molar-refractivity contribution is 5.94. The van der Waals surface area contributed by atoms with Crippen LogP contribution in [0.1, 0.15) is 52.4 Å². The number of aliphatic hydroxyl groups is 1. The molecule has 202 valence electrons. The van der Waals surface area contributed by atoms with Gasteiger partial charge >= 0.3 is 5.97 Å². The number of rotatable bonds is 18. The zero-order valence-corrected chi connectivity index (χ0v) is 20.5. The van der Waals surface area contributed by atoms with Crippen molar-refractivity contribution in [2.75, 3.05) is 19.7 Å². The van der Waals surface area contributed by atoms with Gasteiger partial charge in [-0.2, -0.15) is 0 Å². The zero-order chi connectivity index (χ0) is 27.0. The Morgan fingerprint density at radius 3 is 1.94 bits per heavy atom. The van der Waals surface area contributed by atoms with Crippen LogP contribution in [-0.2, 0) is 19.2 Å². The number of nitrogens with zero attached hydrogens (tertiary/aromatic N) is 1. The van der Waals surface area contributed by atoms with E-state index in [1.165, 1.54) is 0 Å². The highest BCUT2D eigenvalue weighted by Gasteiger charge is 2.30. The molecule has 0 spiro atoms. The maximum Gasteiger partial charge on any atom is 0.326 e. The molecule has 0 heterocycles. The third-order valence-electron chi connectivity index (χ3n) is 5.02. The normalized spacial score (nSPS) is 14.3. The number of hydrogen-bond donors (Lipinski definition) is 9. The van der Waals surface area contributed by atoms with E-state index in [9.17, 15) is 29.4 Å². The van der Waals surface area contributed by atoms with Crippen molar-refractivity contribution in [2.24, 2.45) is 33.8 Å². The van der Waals surface area contributed by atoms with E-state index < -0.39 is 54.5 Å². The van der Waals surface area contributed by atoms with Crippen LogP contribution in [0.15, 0.2) is 4.99 Å². The lowest BCUT2D eigenvalue weighted by atomic mass is 10.0. The molecule has 0 aliphatic rings. The van der Waals surface area contributed by atoms with E-state index in [1.54, 1.807) is 0 Å². The van der Waals surface area contributed by atoms with E-state index >= 15 is 0 Å². The largest absolute Gasteiger partial charge is 0.480 e. The van der Waals surface area contributed by atoms with Crippen LogP contribution in [0.25, 0.3) is 0 Å². The molecule has 0 fully saturated rings. The minimum absolute atomic E-state index is 0.00415. The van der Waals surface area contributed by atoms with E-state index in [4.69, 9.17) is 22.9 Å². The van der Waals surface area contributed by atoms with E-state index in [0.717, 1.165) is 0 Å². The van der Waals surface area contributed by atoms with Gasteiger partial charge in [-0.15, -0.1) is 0 Å². The summed E-state index contributed by atoms with van der Waals surface area (Å²) in [6.45, 7) is 3.61. The van der Waals surface area contributed by atoms with Crippen molar-refractivity contribution in [3.05, 3.63) is 0 Å². The van der Waals surface area contributed by atoms with Crippen molar-refractivity contribution >= 4 is 29.7 Å². The second-order valence-electron chi connectivity index (χ2n) is 8.67. The van der Waals surface area contributed by atoms with Crippen molar-refractivity contribution < 1.29 is 29.4 Å². The van der Waals surface area contributed by atoms with Crippen molar-refractivity contribution in [1.82, 2.24) is 16.0 Å². The van der Waals surface area contributed by atoms with Gasteiger partial charge in [0, 0.05) is 6.54 Å².